The number of esters is 1. The first-order chi connectivity index (χ1) is 11.4. The maximum atomic E-state index is 14.5. The van der Waals surface area contributed by atoms with Crippen LogP contribution in [0.4, 0.5) is 4.39 Å². The summed E-state index contributed by atoms with van der Waals surface area (Å²) in [4.78, 5) is 11.6. The van der Waals surface area contributed by atoms with E-state index in [2.05, 4.69) is 9.84 Å². The fraction of sp³-hybridized carbons (Fsp3) is 0.125. The highest BCUT2D eigenvalue weighted by atomic mass is 35.5. The normalized spacial score (nSPS) is 11.0. The summed E-state index contributed by atoms with van der Waals surface area (Å²) >= 11 is 18.3. The van der Waals surface area contributed by atoms with Crippen molar-refractivity contribution >= 4 is 51.7 Å². The molecule has 8 heteroatoms. The lowest BCUT2D eigenvalue weighted by Gasteiger charge is -2.10. The fourth-order valence-electron chi connectivity index (χ4n) is 2.40. The predicted octanol–water partition coefficient (Wildman–Crippen LogP) is 4.97. The molecule has 0 unspecified atom stereocenters. The number of ether oxygens (including phenoxy) is 1. The van der Waals surface area contributed by atoms with E-state index < -0.39 is 11.8 Å². The summed E-state index contributed by atoms with van der Waals surface area (Å²) in [5.74, 6) is -1.41. The molecule has 0 spiro atoms. The van der Waals surface area contributed by atoms with Crippen molar-refractivity contribution in [3.05, 3.63) is 62.5 Å². The third-order valence-electron chi connectivity index (χ3n) is 3.56. The van der Waals surface area contributed by atoms with Gasteiger partial charge in [0.15, 0.2) is 0 Å². The topological polar surface area (TPSA) is 44.1 Å². The molecule has 0 atom stereocenters. The van der Waals surface area contributed by atoms with Crippen LogP contribution in [-0.4, -0.2) is 22.9 Å². The van der Waals surface area contributed by atoms with Crippen LogP contribution in [0.15, 0.2) is 30.5 Å². The van der Waals surface area contributed by atoms with Crippen molar-refractivity contribution in [3.8, 4) is 0 Å². The highest BCUT2D eigenvalue weighted by Gasteiger charge is 2.18. The van der Waals surface area contributed by atoms with Gasteiger partial charge in [0.2, 0.25) is 0 Å². The van der Waals surface area contributed by atoms with E-state index >= 15 is 0 Å². The molecule has 4 nitrogen and oxygen atoms in total. The number of carbonyl (C=O) groups is 1. The lowest BCUT2D eigenvalue weighted by Crippen LogP contribution is -2.09. The second-order valence-electron chi connectivity index (χ2n) is 5.00. The van der Waals surface area contributed by atoms with Crippen LogP contribution in [-0.2, 0) is 11.3 Å². The summed E-state index contributed by atoms with van der Waals surface area (Å²) in [7, 11) is 1.20. The fourth-order valence-corrected chi connectivity index (χ4v) is 3.12. The van der Waals surface area contributed by atoms with Gasteiger partial charge in [-0.15, -0.1) is 0 Å². The summed E-state index contributed by atoms with van der Waals surface area (Å²) in [6.07, 6.45) is 1.56. The maximum Gasteiger partial charge on any atom is 0.340 e. The van der Waals surface area contributed by atoms with Gasteiger partial charge in [-0.2, -0.15) is 5.10 Å². The van der Waals surface area contributed by atoms with Crippen molar-refractivity contribution in [2.45, 2.75) is 6.54 Å². The van der Waals surface area contributed by atoms with E-state index in [1.165, 1.54) is 17.9 Å². The van der Waals surface area contributed by atoms with Gasteiger partial charge in [-0.25, -0.2) is 9.18 Å². The number of rotatable bonds is 3. The molecular weight excluding hydrogens is 378 g/mol. The first-order valence-electron chi connectivity index (χ1n) is 6.78. The molecule has 24 heavy (non-hydrogen) atoms. The van der Waals surface area contributed by atoms with Gasteiger partial charge in [0.05, 0.1) is 46.0 Å². The Morgan fingerprint density at radius 2 is 2.04 bits per heavy atom. The smallest absolute Gasteiger partial charge is 0.340 e. The largest absolute Gasteiger partial charge is 0.465 e. The molecule has 0 aliphatic carbocycles. The monoisotopic (exact) mass is 386 g/mol. The zero-order valence-electron chi connectivity index (χ0n) is 12.3. The molecule has 1 aromatic heterocycles. The average Bonchev–Trinajstić information content (AvgIpc) is 2.96. The Bertz CT molecular complexity index is 956. The molecule has 0 saturated heterocycles. The molecule has 2 aromatic carbocycles. The predicted molar refractivity (Wildman–Crippen MR) is 91.6 cm³/mol. The Morgan fingerprint density at radius 1 is 1.29 bits per heavy atom. The Kier molecular flexibility index (Phi) is 4.67. The molecule has 124 valence electrons. The Morgan fingerprint density at radius 3 is 2.75 bits per heavy atom. The van der Waals surface area contributed by atoms with E-state index in [1.54, 1.807) is 24.4 Å². The minimum absolute atomic E-state index is 0.0673. The lowest BCUT2D eigenvalue weighted by atomic mass is 10.1. The van der Waals surface area contributed by atoms with Crippen LogP contribution in [0.25, 0.3) is 10.9 Å². The maximum absolute atomic E-state index is 14.5. The second kappa shape index (κ2) is 6.59. The van der Waals surface area contributed by atoms with Gasteiger partial charge in [-0.1, -0.05) is 46.9 Å². The standard InChI is InChI=1S/C16H10Cl3FN2O2/c1-24-16(23)10-4-2-3-8(14(10)20)7-22-15-9(6-21-22)5-11(17)12(18)13(15)19/h2-6H,7H2,1H3. The van der Waals surface area contributed by atoms with Crippen LogP contribution in [0.2, 0.25) is 15.1 Å². The van der Waals surface area contributed by atoms with Gasteiger partial charge in [0.1, 0.15) is 5.82 Å². The quantitative estimate of drug-likeness (QED) is 0.471. The van der Waals surface area contributed by atoms with E-state index in [0.717, 1.165) is 0 Å². The van der Waals surface area contributed by atoms with Gasteiger partial charge in [-0.05, 0) is 12.1 Å². The molecule has 0 aliphatic heterocycles. The first kappa shape index (κ1) is 17.0. The molecule has 0 N–H and O–H groups in total. The van der Waals surface area contributed by atoms with Crippen LogP contribution < -0.4 is 0 Å². The van der Waals surface area contributed by atoms with Gasteiger partial charge < -0.3 is 4.74 Å². The van der Waals surface area contributed by atoms with Crippen molar-refractivity contribution in [1.29, 1.82) is 0 Å². The summed E-state index contributed by atoms with van der Waals surface area (Å²) < 4.78 is 20.6. The number of hydrogen-bond donors (Lipinski definition) is 0. The molecule has 0 saturated carbocycles. The van der Waals surface area contributed by atoms with E-state index in [4.69, 9.17) is 34.8 Å². The molecule has 3 rings (SSSR count). The molecule has 3 aromatic rings. The number of fused-ring (bicyclic) bond motifs is 1. The van der Waals surface area contributed by atoms with Crippen molar-refractivity contribution in [1.82, 2.24) is 9.78 Å². The first-order valence-corrected chi connectivity index (χ1v) is 7.92. The number of nitrogens with zero attached hydrogens (tertiary/aromatic N) is 2. The van der Waals surface area contributed by atoms with E-state index in [9.17, 15) is 9.18 Å². The van der Waals surface area contributed by atoms with E-state index in [-0.39, 0.29) is 27.7 Å². The third-order valence-corrected chi connectivity index (χ3v) is 4.82. The number of carbonyl (C=O) groups excluding carboxylic acids is 1. The summed E-state index contributed by atoms with van der Waals surface area (Å²) in [6, 6.07) is 6.12. The van der Waals surface area contributed by atoms with E-state index in [1.807, 2.05) is 0 Å². The van der Waals surface area contributed by atoms with Crippen LogP contribution in [0.3, 0.4) is 0 Å². The molecule has 1 heterocycles. The van der Waals surface area contributed by atoms with Crippen LogP contribution in [0.5, 0.6) is 0 Å². The zero-order valence-corrected chi connectivity index (χ0v) is 14.6. The Balaban J connectivity index is 2.09. The summed E-state index contributed by atoms with van der Waals surface area (Å²) in [5, 5.41) is 5.64. The second-order valence-corrected chi connectivity index (χ2v) is 6.16. The van der Waals surface area contributed by atoms with E-state index in [0.29, 0.717) is 15.9 Å². The van der Waals surface area contributed by atoms with Gasteiger partial charge in [-0.3, -0.25) is 4.68 Å². The number of aromatic nitrogens is 2. The van der Waals surface area contributed by atoms with Crippen molar-refractivity contribution in [3.63, 3.8) is 0 Å². The minimum atomic E-state index is -0.743. The van der Waals surface area contributed by atoms with Crippen molar-refractivity contribution in [2.75, 3.05) is 7.11 Å². The number of methoxy groups -OCH3 is 1. The highest BCUT2D eigenvalue weighted by Crippen LogP contribution is 2.37. The molecule has 0 amide bonds. The van der Waals surface area contributed by atoms with Gasteiger partial charge in [0.25, 0.3) is 0 Å². The van der Waals surface area contributed by atoms with Crippen molar-refractivity contribution in [2.24, 2.45) is 0 Å². The Hall–Kier alpha value is -1.82. The van der Waals surface area contributed by atoms with Crippen LogP contribution in [0.1, 0.15) is 15.9 Å². The highest BCUT2D eigenvalue weighted by molar-refractivity contribution is 6.50. The lowest BCUT2D eigenvalue weighted by molar-refractivity contribution is 0.0595. The number of benzene rings is 2. The minimum Gasteiger partial charge on any atom is -0.465 e. The Labute approximate surface area is 151 Å². The summed E-state index contributed by atoms with van der Waals surface area (Å²) in [5.41, 5.74) is 0.664. The number of hydrogen-bond acceptors (Lipinski definition) is 3. The summed E-state index contributed by atoms with van der Waals surface area (Å²) in [6.45, 7) is 0.0673. The van der Waals surface area contributed by atoms with Gasteiger partial charge >= 0.3 is 5.97 Å². The molecule has 0 fully saturated rings. The SMILES string of the molecule is COC(=O)c1cccc(Cn2ncc3cc(Cl)c(Cl)c(Cl)c32)c1F. The molecule has 0 bridgehead atoms. The number of halogens is 4. The average molecular weight is 388 g/mol. The van der Waals surface area contributed by atoms with Crippen molar-refractivity contribution < 1.29 is 13.9 Å². The van der Waals surface area contributed by atoms with Crippen LogP contribution in [0, 0.1) is 5.82 Å². The molecular formula is C16H10Cl3FN2O2. The zero-order chi connectivity index (χ0) is 17.4. The van der Waals surface area contributed by atoms with Gasteiger partial charge in [0, 0.05) is 10.9 Å². The third kappa shape index (κ3) is 2.83. The van der Waals surface area contributed by atoms with Crippen LogP contribution >= 0.6 is 34.8 Å². The molecule has 0 radical (unpaired) electrons. The molecule has 0 aliphatic rings.